The molecule has 0 aliphatic rings. The lowest BCUT2D eigenvalue weighted by molar-refractivity contribution is 0.105. The van der Waals surface area contributed by atoms with Gasteiger partial charge in [-0.25, -0.2) is 4.98 Å². The molecule has 0 aliphatic carbocycles. The van der Waals surface area contributed by atoms with Gasteiger partial charge >= 0.3 is 0 Å². The average molecular weight is 415 g/mol. The van der Waals surface area contributed by atoms with Crippen LogP contribution in [0.25, 0.3) is 22.7 Å². The Morgan fingerprint density at radius 3 is 2.26 bits per heavy atom. The van der Waals surface area contributed by atoms with Crippen LogP contribution in [0.5, 0.6) is 17.2 Å². The van der Waals surface area contributed by atoms with Crippen molar-refractivity contribution < 1.29 is 23.4 Å². The average Bonchev–Trinajstić information content (AvgIpc) is 3.26. The highest BCUT2D eigenvalue weighted by Gasteiger charge is 2.21. The number of methoxy groups -OCH3 is 3. The molecule has 0 unspecified atom stereocenters. The van der Waals surface area contributed by atoms with Crippen LogP contribution in [0.1, 0.15) is 21.8 Å². The van der Waals surface area contributed by atoms with E-state index in [1.165, 1.54) is 0 Å². The van der Waals surface area contributed by atoms with Crippen LogP contribution in [0.4, 0.5) is 0 Å². The summed E-state index contributed by atoms with van der Waals surface area (Å²) in [5.74, 6) is 1.89. The van der Waals surface area contributed by atoms with Gasteiger partial charge < -0.3 is 18.6 Å². The number of allylic oxidation sites excluding steroid dienone is 1. The molecule has 4 aromatic rings. The van der Waals surface area contributed by atoms with Gasteiger partial charge in [-0.15, -0.1) is 0 Å². The Labute approximate surface area is 179 Å². The molecular formula is C25H21NO5. The lowest BCUT2D eigenvalue weighted by atomic mass is 10.00. The highest BCUT2D eigenvalue weighted by Crippen LogP contribution is 2.31. The molecule has 0 amide bonds. The molecule has 4 rings (SSSR count). The van der Waals surface area contributed by atoms with Gasteiger partial charge in [-0.3, -0.25) is 4.79 Å². The first-order chi connectivity index (χ1) is 15.1. The minimum Gasteiger partial charge on any atom is -0.497 e. The van der Waals surface area contributed by atoms with Crippen LogP contribution >= 0.6 is 0 Å². The number of carbonyl (C=O) groups is 1. The number of ether oxygens (including phenoxy) is 3. The fourth-order valence-electron chi connectivity index (χ4n) is 3.20. The lowest BCUT2D eigenvalue weighted by Crippen LogP contribution is -2.04. The summed E-state index contributed by atoms with van der Waals surface area (Å²) in [6.45, 7) is 0. The number of para-hydroxylation sites is 2. The first kappa shape index (κ1) is 20.2. The van der Waals surface area contributed by atoms with E-state index in [4.69, 9.17) is 18.6 Å². The summed E-state index contributed by atoms with van der Waals surface area (Å²) in [6, 6.07) is 19.7. The zero-order chi connectivity index (χ0) is 21.8. The van der Waals surface area contributed by atoms with Crippen molar-refractivity contribution in [3.63, 3.8) is 0 Å². The normalized spacial score (nSPS) is 11.4. The summed E-state index contributed by atoms with van der Waals surface area (Å²) in [5.41, 5.74) is 2.77. The van der Waals surface area contributed by atoms with Crippen molar-refractivity contribution in [1.29, 1.82) is 0 Å². The zero-order valence-corrected chi connectivity index (χ0v) is 17.4. The third kappa shape index (κ3) is 4.14. The molecule has 0 aliphatic heterocycles. The summed E-state index contributed by atoms with van der Waals surface area (Å²) >= 11 is 0. The third-order valence-electron chi connectivity index (χ3n) is 4.86. The number of carbonyl (C=O) groups excluding carboxylic acids is 1. The largest absolute Gasteiger partial charge is 0.497 e. The first-order valence-electron chi connectivity index (χ1n) is 9.61. The van der Waals surface area contributed by atoms with E-state index in [0.717, 1.165) is 0 Å². The summed E-state index contributed by atoms with van der Waals surface area (Å²) in [6.07, 6.45) is 1.72. The lowest BCUT2D eigenvalue weighted by Gasteiger charge is -2.09. The minimum atomic E-state index is -0.230. The zero-order valence-electron chi connectivity index (χ0n) is 17.4. The molecule has 31 heavy (non-hydrogen) atoms. The first-order valence-corrected chi connectivity index (χ1v) is 9.61. The van der Waals surface area contributed by atoms with E-state index in [-0.39, 0.29) is 11.7 Å². The number of fused-ring (bicyclic) bond motifs is 1. The molecule has 6 nitrogen and oxygen atoms in total. The van der Waals surface area contributed by atoms with E-state index >= 15 is 0 Å². The molecule has 6 heteroatoms. The molecule has 0 saturated heterocycles. The van der Waals surface area contributed by atoms with Gasteiger partial charge in [0.2, 0.25) is 5.89 Å². The van der Waals surface area contributed by atoms with E-state index in [1.807, 2.05) is 30.3 Å². The molecule has 0 atom stereocenters. The topological polar surface area (TPSA) is 70.8 Å². The fourth-order valence-corrected chi connectivity index (χ4v) is 3.20. The number of rotatable bonds is 7. The number of oxazole rings is 1. The second-order valence-electron chi connectivity index (χ2n) is 6.71. The maximum atomic E-state index is 13.5. The van der Waals surface area contributed by atoms with Crippen LogP contribution in [-0.2, 0) is 0 Å². The van der Waals surface area contributed by atoms with Gasteiger partial charge in [0.1, 0.15) is 22.8 Å². The van der Waals surface area contributed by atoms with Gasteiger partial charge in [0, 0.05) is 17.2 Å². The Morgan fingerprint density at radius 2 is 1.58 bits per heavy atom. The molecule has 0 spiro atoms. The quantitative estimate of drug-likeness (QED) is 0.302. The Bertz CT molecular complexity index is 1220. The van der Waals surface area contributed by atoms with Crippen molar-refractivity contribution in [2.75, 3.05) is 21.3 Å². The molecule has 156 valence electrons. The van der Waals surface area contributed by atoms with E-state index < -0.39 is 0 Å². The Kier molecular flexibility index (Phi) is 5.71. The molecule has 0 bridgehead atoms. The van der Waals surface area contributed by atoms with Crippen LogP contribution in [0.15, 0.2) is 71.1 Å². The number of nitrogens with zero attached hydrogens (tertiary/aromatic N) is 1. The van der Waals surface area contributed by atoms with E-state index in [1.54, 1.807) is 63.8 Å². The number of Topliss-reactive ketones (excluding diaryl/α,β-unsaturated/α-hetero) is 1. The summed E-state index contributed by atoms with van der Waals surface area (Å²) < 4.78 is 21.9. The molecule has 0 radical (unpaired) electrons. The van der Waals surface area contributed by atoms with Crippen molar-refractivity contribution in [2.45, 2.75) is 0 Å². The molecular weight excluding hydrogens is 394 g/mol. The molecule has 3 aromatic carbocycles. The smallest absolute Gasteiger partial charge is 0.231 e. The number of benzene rings is 3. The predicted molar refractivity (Wildman–Crippen MR) is 119 cm³/mol. The van der Waals surface area contributed by atoms with Crippen LogP contribution in [0, 0.1) is 0 Å². The molecule has 1 aromatic heterocycles. The van der Waals surface area contributed by atoms with Crippen molar-refractivity contribution in [3.8, 4) is 17.2 Å². The SMILES string of the molecule is COc1ccc(C(=O)C(=Cc2ccc(OC)cc2OC)c2nc3ccccc3o2)cc1. The highest BCUT2D eigenvalue weighted by molar-refractivity contribution is 6.31. The number of hydrogen-bond acceptors (Lipinski definition) is 6. The second-order valence-corrected chi connectivity index (χ2v) is 6.71. The van der Waals surface area contributed by atoms with Crippen molar-refractivity contribution in [1.82, 2.24) is 4.98 Å². The van der Waals surface area contributed by atoms with Crippen LogP contribution in [-0.4, -0.2) is 32.1 Å². The summed E-state index contributed by atoms with van der Waals surface area (Å²) in [5, 5.41) is 0. The van der Waals surface area contributed by atoms with E-state index in [0.29, 0.717) is 45.0 Å². The van der Waals surface area contributed by atoms with Gasteiger partial charge in [-0.2, -0.15) is 0 Å². The van der Waals surface area contributed by atoms with Crippen molar-refractivity contribution >= 4 is 28.5 Å². The molecule has 0 fully saturated rings. The number of aromatic nitrogens is 1. The van der Waals surface area contributed by atoms with E-state index in [2.05, 4.69) is 4.98 Å². The predicted octanol–water partition coefficient (Wildman–Crippen LogP) is 5.28. The Hall–Kier alpha value is -4.06. The fraction of sp³-hybridized carbons (Fsp3) is 0.120. The standard InChI is InChI=1S/C25H21NO5/c1-28-18-11-8-16(9-12-18)24(27)20(25-26-21-6-4-5-7-22(21)31-25)14-17-10-13-19(29-2)15-23(17)30-3/h4-15H,1-3H3. The number of hydrogen-bond donors (Lipinski definition) is 0. The van der Waals surface area contributed by atoms with Gasteiger partial charge in [-0.05, 0) is 54.6 Å². The maximum absolute atomic E-state index is 13.5. The molecule has 0 N–H and O–H groups in total. The van der Waals surface area contributed by atoms with Gasteiger partial charge in [0.15, 0.2) is 11.4 Å². The van der Waals surface area contributed by atoms with Gasteiger partial charge in [0.05, 0.1) is 26.9 Å². The minimum absolute atomic E-state index is 0.230. The van der Waals surface area contributed by atoms with Crippen LogP contribution in [0.2, 0.25) is 0 Å². The third-order valence-corrected chi connectivity index (χ3v) is 4.86. The van der Waals surface area contributed by atoms with Gasteiger partial charge in [-0.1, -0.05) is 12.1 Å². The molecule has 1 heterocycles. The second kappa shape index (κ2) is 8.75. The van der Waals surface area contributed by atoms with Gasteiger partial charge in [0.25, 0.3) is 0 Å². The summed E-state index contributed by atoms with van der Waals surface area (Å²) in [4.78, 5) is 18.0. The van der Waals surface area contributed by atoms with Crippen molar-refractivity contribution in [3.05, 3.63) is 83.7 Å². The van der Waals surface area contributed by atoms with Crippen LogP contribution < -0.4 is 14.2 Å². The number of ketones is 1. The van der Waals surface area contributed by atoms with E-state index in [9.17, 15) is 4.79 Å². The summed E-state index contributed by atoms with van der Waals surface area (Å²) in [7, 11) is 4.73. The Balaban J connectivity index is 1.86. The van der Waals surface area contributed by atoms with Crippen LogP contribution in [0.3, 0.4) is 0 Å². The Morgan fingerprint density at radius 1 is 0.871 bits per heavy atom. The molecule has 0 saturated carbocycles. The van der Waals surface area contributed by atoms with Crippen molar-refractivity contribution in [2.24, 2.45) is 0 Å². The highest BCUT2D eigenvalue weighted by atomic mass is 16.5. The monoisotopic (exact) mass is 415 g/mol. The maximum Gasteiger partial charge on any atom is 0.231 e.